The van der Waals surface area contributed by atoms with Crippen LogP contribution in [0.15, 0.2) is 10.9 Å². The van der Waals surface area contributed by atoms with Gasteiger partial charge in [-0.2, -0.15) is 0 Å². The molecule has 1 atom stereocenters. The molecule has 3 N–H and O–H groups in total. The Morgan fingerprint density at radius 2 is 2.50 bits per heavy atom. The number of nitrogens with zero attached hydrogens (tertiary/aromatic N) is 1. The van der Waals surface area contributed by atoms with Crippen molar-refractivity contribution >= 4 is 0 Å². The fourth-order valence-electron chi connectivity index (χ4n) is 1.95. The summed E-state index contributed by atoms with van der Waals surface area (Å²) in [5.41, 5.74) is 6.14. The molecule has 1 unspecified atom stereocenters. The number of aromatic amines is 1. The highest BCUT2D eigenvalue weighted by Gasteiger charge is 2.17. The molecule has 5 heteroatoms. The lowest BCUT2D eigenvalue weighted by atomic mass is 10.0. The number of ether oxygens (including phenoxy) is 1. The predicted molar refractivity (Wildman–Crippen MR) is 60.2 cm³/mol. The monoisotopic (exact) mass is 223 g/mol. The third-order valence-electron chi connectivity index (χ3n) is 2.75. The molecule has 5 nitrogen and oxygen atoms in total. The zero-order valence-corrected chi connectivity index (χ0v) is 9.24. The van der Waals surface area contributed by atoms with Gasteiger partial charge >= 0.3 is 0 Å². The SMILES string of the molecule is NCCc1cc(=O)[nH]c(CC2CCOC2)n1. The second-order valence-electron chi connectivity index (χ2n) is 4.16. The molecule has 1 aliphatic heterocycles. The van der Waals surface area contributed by atoms with Gasteiger partial charge in [-0.05, 0) is 18.9 Å². The van der Waals surface area contributed by atoms with Gasteiger partial charge in [0.1, 0.15) is 5.82 Å². The molecule has 2 rings (SSSR count). The van der Waals surface area contributed by atoms with Gasteiger partial charge in [0.25, 0.3) is 5.56 Å². The lowest BCUT2D eigenvalue weighted by Crippen LogP contribution is -2.17. The van der Waals surface area contributed by atoms with Crippen LogP contribution < -0.4 is 11.3 Å². The molecule has 0 bridgehead atoms. The molecular formula is C11H17N3O2. The maximum atomic E-state index is 11.4. The zero-order chi connectivity index (χ0) is 11.4. The Hall–Kier alpha value is -1.20. The van der Waals surface area contributed by atoms with E-state index in [0.717, 1.165) is 37.6 Å². The highest BCUT2D eigenvalue weighted by atomic mass is 16.5. The second kappa shape index (κ2) is 5.23. The largest absolute Gasteiger partial charge is 0.381 e. The first-order valence-corrected chi connectivity index (χ1v) is 5.65. The van der Waals surface area contributed by atoms with Crippen molar-refractivity contribution in [3.63, 3.8) is 0 Å². The van der Waals surface area contributed by atoms with Crippen LogP contribution in [-0.4, -0.2) is 29.7 Å². The molecule has 0 aliphatic carbocycles. The van der Waals surface area contributed by atoms with Crippen LogP contribution in [0.25, 0.3) is 0 Å². The van der Waals surface area contributed by atoms with Crippen molar-refractivity contribution in [1.82, 2.24) is 9.97 Å². The highest BCUT2D eigenvalue weighted by molar-refractivity contribution is 5.04. The van der Waals surface area contributed by atoms with E-state index in [1.54, 1.807) is 0 Å². The lowest BCUT2D eigenvalue weighted by Gasteiger charge is -2.07. The first-order valence-electron chi connectivity index (χ1n) is 5.65. The molecular weight excluding hydrogens is 206 g/mol. The van der Waals surface area contributed by atoms with E-state index in [9.17, 15) is 4.79 Å². The van der Waals surface area contributed by atoms with Crippen molar-refractivity contribution < 1.29 is 4.74 Å². The summed E-state index contributed by atoms with van der Waals surface area (Å²) in [6.45, 7) is 2.10. The quantitative estimate of drug-likeness (QED) is 0.744. The van der Waals surface area contributed by atoms with Crippen molar-refractivity contribution in [1.29, 1.82) is 0 Å². The van der Waals surface area contributed by atoms with E-state index in [-0.39, 0.29) is 5.56 Å². The Morgan fingerprint density at radius 1 is 1.62 bits per heavy atom. The van der Waals surface area contributed by atoms with Crippen molar-refractivity contribution in [2.75, 3.05) is 19.8 Å². The Kier molecular flexibility index (Phi) is 3.69. The van der Waals surface area contributed by atoms with Crippen molar-refractivity contribution in [2.24, 2.45) is 11.7 Å². The fourth-order valence-corrected chi connectivity index (χ4v) is 1.95. The molecule has 1 aromatic rings. The van der Waals surface area contributed by atoms with Gasteiger partial charge in [0.2, 0.25) is 0 Å². The molecule has 0 radical (unpaired) electrons. The van der Waals surface area contributed by atoms with Gasteiger partial charge in [-0.15, -0.1) is 0 Å². The molecule has 0 aromatic carbocycles. The normalized spacial score (nSPS) is 20.2. The first kappa shape index (κ1) is 11.3. The summed E-state index contributed by atoms with van der Waals surface area (Å²) < 4.78 is 5.30. The van der Waals surface area contributed by atoms with Crippen LogP contribution in [0.3, 0.4) is 0 Å². The number of hydrogen-bond acceptors (Lipinski definition) is 4. The molecule has 88 valence electrons. The van der Waals surface area contributed by atoms with Crippen molar-refractivity contribution in [3.8, 4) is 0 Å². The minimum Gasteiger partial charge on any atom is -0.381 e. The standard InChI is InChI=1S/C11H17N3O2/c12-3-1-9-6-11(15)14-10(13-9)5-8-2-4-16-7-8/h6,8H,1-5,7,12H2,(H,13,14,15). The van der Waals surface area contributed by atoms with Crippen LogP contribution in [0.4, 0.5) is 0 Å². The average Bonchev–Trinajstić information content (AvgIpc) is 2.70. The summed E-state index contributed by atoms with van der Waals surface area (Å²) in [6, 6.07) is 1.52. The van der Waals surface area contributed by atoms with E-state index >= 15 is 0 Å². The summed E-state index contributed by atoms with van der Waals surface area (Å²) in [7, 11) is 0. The van der Waals surface area contributed by atoms with Gasteiger partial charge in [-0.1, -0.05) is 0 Å². The third-order valence-corrected chi connectivity index (χ3v) is 2.75. The lowest BCUT2D eigenvalue weighted by molar-refractivity contribution is 0.185. The Bertz CT molecular complexity index is 396. The summed E-state index contributed by atoms with van der Waals surface area (Å²) in [5.74, 6) is 1.24. The Labute approximate surface area is 94.0 Å². The predicted octanol–water partition coefficient (Wildman–Crippen LogP) is -0.150. The summed E-state index contributed by atoms with van der Waals surface area (Å²) >= 11 is 0. The van der Waals surface area contributed by atoms with Crippen molar-refractivity contribution in [2.45, 2.75) is 19.3 Å². The number of H-pyrrole nitrogens is 1. The molecule has 1 fully saturated rings. The summed E-state index contributed by atoms with van der Waals surface area (Å²) in [6.07, 6.45) is 2.48. The molecule has 0 saturated carbocycles. The van der Waals surface area contributed by atoms with Crippen LogP contribution in [0.5, 0.6) is 0 Å². The van der Waals surface area contributed by atoms with Crippen LogP contribution >= 0.6 is 0 Å². The highest BCUT2D eigenvalue weighted by Crippen LogP contribution is 2.15. The van der Waals surface area contributed by atoms with Crippen LogP contribution in [-0.2, 0) is 17.6 Å². The number of hydrogen-bond donors (Lipinski definition) is 2. The molecule has 1 aliphatic rings. The zero-order valence-electron chi connectivity index (χ0n) is 9.24. The number of rotatable bonds is 4. The van der Waals surface area contributed by atoms with E-state index < -0.39 is 0 Å². The number of nitrogens with one attached hydrogen (secondary N) is 1. The molecule has 16 heavy (non-hydrogen) atoms. The Balaban J connectivity index is 2.10. The molecule has 1 saturated heterocycles. The van der Waals surface area contributed by atoms with E-state index in [4.69, 9.17) is 10.5 Å². The average molecular weight is 223 g/mol. The molecule has 1 aromatic heterocycles. The second-order valence-corrected chi connectivity index (χ2v) is 4.16. The minimum absolute atomic E-state index is 0.0904. The number of nitrogens with two attached hydrogens (primary N) is 1. The fraction of sp³-hybridized carbons (Fsp3) is 0.636. The van der Waals surface area contributed by atoms with E-state index in [2.05, 4.69) is 9.97 Å². The summed E-state index contributed by atoms with van der Waals surface area (Å²) in [4.78, 5) is 18.6. The maximum absolute atomic E-state index is 11.4. The van der Waals surface area contributed by atoms with E-state index in [1.807, 2.05) is 0 Å². The van der Waals surface area contributed by atoms with Gasteiger partial charge in [-0.3, -0.25) is 4.79 Å². The van der Waals surface area contributed by atoms with E-state index in [1.165, 1.54) is 6.07 Å². The van der Waals surface area contributed by atoms with Gasteiger partial charge in [0.15, 0.2) is 0 Å². The molecule has 2 heterocycles. The van der Waals surface area contributed by atoms with Crippen molar-refractivity contribution in [3.05, 3.63) is 27.9 Å². The molecule has 0 amide bonds. The van der Waals surface area contributed by atoms with Gasteiger partial charge in [-0.25, -0.2) is 4.98 Å². The summed E-state index contributed by atoms with van der Waals surface area (Å²) in [5, 5.41) is 0. The Morgan fingerprint density at radius 3 is 3.19 bits per heavy atom. The van der Waals surface area contributed by atoms with Crippen LogP contribution in [0, 0.1) is 5.92 Å². The third kappa shape index (κ3) is 2.90. The van der Waals surface area contributed by atoms with Gasteiger partial charge in [0, 0.05) is 37.8 Å². The van der Waals surface area contributed by atoms with Gasteiger partial charge in [0.05, 0.1) is 0 Å². The molecule has 0 spiro atoms. The smallest absolute Gasteiger partial charge is 0.251 e. The maximum Gasteiger partial charge on any atom is 0.251 e. The van der Waals surface area contributed by atoms with Crippen LogP contribution in [0.2, 0.25) is 0 Å². The van der Waals surface area contributed by atoms with E-state index in [0.29, 0.717) is 18.9 Å². The minimum atomic E-state index is -0.0904. The van der Waals surface area contributed by atoms with Gasteiger partial charge < -0.3 is 15.5 Å². The first-order chi connectivity index (χ1) is 7.78. The number of aromatic nitrogens is 2. The topological polar surface area (TPSA) is 81.0 Å². The van der Waals surface area contributed by atoms with Crippen LogP contribution in [0.1, 0.15) is 17.9 Å².